The number of allylic oxidation sites excluding steroid dienone is 1. The monoisotopic (exact) mass is 304 g/mol. The van der Waals surface area contributed by atoms with Gasteiger partial charge in [0.05, 0.1) is 0 Å². The summed E-state index contributed by atoms with van der Waals surface area (Å²) in [5.41, 5.74) is 1.40. The largest absolute Gasteiger partial charge is 0.0650 e. The number of hydrogen-bond acceptors (Lipinski definition) is 0. The summed E-state index contributed by atoms with van der Waals surface area (Å²) in [7, 11) is 1.08. The molecule has 0 aliphatic heterocycles. The first-order valence-corrected chi connectivity index (χ1v) is 7.86. The molecule has 0 radical (unpaired) electrons. The van der Waals surface area contributed by atoms with Gasteiger partial charge in [0.15, 0.2) is 0 Å². The van der Waals surface area contributed by atoms with Gasteiger partial charge in [-0.3, -0.25) is 0 Å². The van der Waals surface area contributed by atoms with Crippen LogP contribution in [0.5, 0.6) is 0 Å². The van der Waals surface area contributed by atoms with Crippen LogP contribution < -0.4 is 0 Å². The Balaban J connectivity index is 2.59. The Morgan fingerprint density at radius 3 is 2.59 bits per heavy atom. The number of fused-ring (bicyclic) bond motifs is 1. The molecular weight excluding hydrogens is 288 g/mol. The number of halogens is 1. The number of benzene rings is 2. The zero-order valence-corrected chi connectivity index (χ0v) is 13.9. The van der Waals surface area contributed by atoms with Crippen LogP contribution in [0.15, 0.2) is 46.9 Å². The van der Waals surface area contributed by atoms with Crippen molar-refractivity contribution in [3.8, 4) is 0 Å². The van der Waals surface area contributed by atoms with Gasteiger partial charge in [-0.05, 0) is 27.2 Å². The van der Waals surface area contributed by atoms with E-state index in [0.29, 0.717) is 0 Å². The van der Waals surface area contributed by atoms with Crippen LogP contribution in [0.25, 0.3) is 16.0 Å². The molecule has 0 N–H and O–H groups in total. The molecule has 17 heavy (non-hydrogen) atoms. The molecule has 0 bridgehead atoms. The van der Waals surface area contributed by atoms with Gasteiger partial charge in [0.1, 0.15) is 0 Å². The van der Waals surface area contributed by atoms with Crippen molar-refractivity contribution in [1.29, 1.82) is 0 Å². The van der Waals surface area contributed by atoms with Crippen LogP contribution in [0, 0.1) is 0 Å². The van der Waals surface area contributed by atoms with Crippen molar-refractivity contribution in [1.82, 2.24) is 0 Å². The molecule has 2 aromatic carbocycles. The summed E-state index contributed by atoms with van der Waals surface area (Å²) in [5.74, 6) is 0. The van der Waals surface area contributed by atoms with E-state index >= 15 is 0 Å². The average Bonchev–Trinajstić information content (AvgIpc) is 2.37. The molecule has 0 aliphatic carbocycles. The van der Waals surface area contributed by atoms with Gasteiger partial charge in [-0.25, -0.2) is 0 Å². The SMILES string of the molecule is CCCC(Br)=C([SiH3])c1cccc2ccccc12. The minimum atomic E-state index is 1.08. The second-order valence-corrected chi connectivity index (χ2v) is 6.26. The number of hydrogen-bond donors (Lipinski definition) is 0. The summed E-state index contributed by atoms with van der Waals surface area (Å²) in [5, 5.41) is 4.19. The van der Waals surface area contributed by atoms with E-state index in [1.807, 2.05) is 0 Å². The van der Waals surface area contributed by atoms with Crippen molar-refractivity contribution in [2.45, 2.75) is 19.8 Å². The maximum Gasteiger partial charge on any atom is 0.0403 e. The molecule has 0 atom stereocenters. The van der Waals surface area contributed by atoms with Gasteiger partial charge in [-0.2, -0.15) is 0 Å². The highest BCUT2D eigenvalue weighted by Crippen LogP contribution is 2.29. The molecule has 88 valence electrons. The third-order valence-corrected chi connectivity index (χ3v) is 5.94. The van der Waals surface area contributed by atoms with E-state index in [1.165, 1.54) is 32.4 Å². The van der Waals surface area contributed by atoms with Crippen molar-refractivity contribution in [2.75, 3.05) is 0 Å². The van der Waals surface area contributed by atoms with Crippen LogP contribution >= 0.6 is 15.9 Å². The molecule has 2 heteroatoms. The highest BCUT2D eigenvalue weighted by molar-refractivity contribution is 9.11. The normalized spacial score (nSPS) is 12.8. The predicted molar refractivity (Wildman–Crippen MR) is 84.6 cm³/mol. The van der Waals surface area contributed by atoms with Crippen LogP contribution in [-0.4, -0.2) is 10.2 Å². The van der Waals surface area contributed by atoms with Crippen molar-refractivity contribution >= 4 is 42.1 Å². The minimum absolute atomic E-state index is 1.08. The van der Waals surface area contributed by atoms with Crippen molar-refractivity contribution in [3.05, 3.63) is 52.5 Å². The first kappa shape index (κ1) is 12.6. The fourth-order valence-electron chi connectivity index (χ4n) is 2.11. The van der Waals surface area contributed by atoms with E-state index in [4.69, 9.17) is 0 Å². The van der Waals surface area contributed by atoms with Gasteiger partial charge in [-0.15, -0.1) is 0 Å². The standard InChI is InChI=1S/C15H17BrSi/c1-2-6-14(16)15(17)13-10-5-8-11-7-3-4-9-12(11)13/h3-5,7-10H,2,6H2,1,17H3. The Labute approximate surface area is 114 Å². The van der Waals surface area contributed by atoms with Gasteiger partial charge in [-0.1, -0.05) is 76.9 Å². The van der Waals surface area contributed by atoms with Crippen LogP contribution in [-0.2, 0) is 0 Å². The van der Waals surface area contributed by atoms with E-state index in [2.05, 4.69) is 65.3 Å². The van der Waals surface area contributed by atoms with Gasteiger partial charge in [0.2, 0.25) is 0 Å². The predicted octanol–water partition coefficient (Wildman–Crippen LogP) is 4.07. The highest BCUT2D eigenvalue weighted by Gasteiger charge is 2.05. The molecule has 2 aromatic rings. The molecule has 0 heterocycles. The Hall–Kier alpha value is -0.863. The lowest BCUT2D eigenvalue weighted by Gasteiger charge is -2.09. The fraction of sp³-hybridized carbons (Fsp3) is 0.200. The van der Waals surface area contributed by atoms with Crippen LogP contribution in [0.4, 0.5) is 0 Å². The Morgan fingerprint density at radius 2 is 1.82 bits per heavy atom. The fourth-order valence-corrected chi connectivity index (χ4v) is 3.40. The third kappa shape index (κ3) is 2.69. The van der Waals surface area contributed by atoms with E-state index in [0.717, 1.165) is 16.7 Å². The van der Waals surface area contributed by atoms with Gasteiger partial charge in [0, 0.05) is 10.2 Å². The summed E-state index contributed by atoms with van der Waals surface area (Å²) in [4.78, 5) is 0. The van der Waals surface area contributed by atoms with Crippen LogP contribution in [0.3, 0.4) is 0 Å². The zero-order chi connectivity index (χ0) is 12.3. The van der Waals surface area contributed by atoms with Crippen LogP contribution in [0.1, 0.15) is 25.3 Å². The van der Waals surface area contributed by atoms with Crippen LogP contribution in [0.2, 0.25) is 0 Å². The second kappa shape index (κ2) is 5.65. The molecule has 0 fully saturated rings. The third-order valence-electron chi connectivity index (χ3n) is 3.07. The second-order valence-electron chi connectivity index (χ2n) is 4.31. The minimum Gasteiger partial charge on any atom is -0.0650 e. The van der Waals surface area contributed by atoms with Gasteiger partial charge >= 0.3 is 0 Å². The zero-order valence-electron chi connectivity index (χ0n) is 10.3. The maximum atomic E-state index is 3.74. The molecule has 0 saturated carbocycles. The first-order chi connectivity index (χ1) is 8.24. The maximum absolute atomic E-state index is 3.74. The highest BCUT2D eigenvalue weighted by atomic mass is 79.9. The molecule has 0 amide bonds. The summed E-state index contributed by atoms with van der Waals surface area (Å²) < 4.78 is 1.38. The molecule has 2 rings (SSSR count). The molecule has 0 unspecified atom stereocenters. The van der Waals surface area contributed by atoms with E-state index in [9.17, 15) is 0 Å². The average molecular weight is 305 g/mol. The van der Waals surface area contributed by atoms with Gasteiger partial charge < -0.3 is 0 Å². The van der Waals surface area contributed by atoms with E-state index in [1.54, 1.807) is 0 Å². The summed E-state index contributed by atoms with van der Waals surface area (Å²) in [6.45, 7) is 2.22. The Kier molecular flexibility index (Phi) is 4.19. The molecular formula is C15H17BrSi. The molecule has 0 spiro atoms. The topological polar surface area (TPSA) is 0 Å². The summed E-state index contributed by atoms with van der Waals surface area (Å²) in [6, 6.07) is 15.2. The van der Waals surface area contributed by atoms with Crippen molar-refractivity contribution < 1.29 is 0 Å². The molecule has 0 aliphatic rings. The smallest absolute Gasteiger partial charge is 0.0403 e. The number of rotatable bonds is 3. The summed E-state index contributed by atoms with van der Waals surface area (Å²) >= 11 is 3.74. The Morgan fingerprint density at radius 1 is 1.12 bits per heavy atom. The molecule has 0 saturated heterocycles. The van der Waals surface area contributed by atoms with E-state index < -0.39 is 0 Å². The Bertz CT molecular complexity index is 552. The first-order valence-electron chi connectivity index (χ1n) is 6.07. The van der Waals surface area contributed by atoms with Crippen molar-refractivity contribution in [3.63, 3.8) is 0 Å². The molecule has 0 nitrogen and oxygen atoms in total. The lowest BCUT2D eigenvalue weighted by molar-refractivity contribution is 0.953. The lowest BCUT2D eigenvalue weighted by Crippen LogP contribution is -1.89. The summed E-state index contributed by atoms with van der Waals surface area (Å²) in [6.07, 6.45) is 2.33. The molecule has 0 aromatic heterocycles. The quantitative estimate of drug-likeness (QED) is 0.750. The van der Waals surface area contributed by atoms with E-state index in [-0.39, 0.29) is 0 Å². The van der Waals surface area contributed by atoms with Crippen molar-refractivity contribution in [2.24, 2.45) is 0 Å². The van der Waals surface area contributed by atoms with Gasteiger partial charge in [0.25, 0.3) is 0 Å². The lowest BCUT2D eigenvalue weighted by atomic mass is 10.0.